The summed E-state index contributed by atoms with van der Waals surface area (Å²) in [6.07, 6.45) is 1.84. The van der Waals surface area contributed by atoms with Crippen LogP contribution < -0.4 is 0 Å². The summed E-state index contributed by atoms with van der Waals surface area (Å²) in [5.74, 6) is -0.841. The molecule has 0 bridgehead atoms. The number of carbonyl (C=O) groups excluding carboxylic acids is 1. The predicted octanol–water partition coefficient (Wildman–Crippen LogP) is 1.50. The van der Waals surface area contributed by atoms with Crippen LogP contribution in [-0.4, -0.2) is 34.5 Å². The highest BCUT2D eigenvalue weighted by atomic mass is 16.4. The molecule has 0 saturated carbocycles. The van der Waals surface area contributed by atoms with Gasteiger partial charge in [0.05, 0.1) is 6.42 Å². The Morgan fingerprint density at radius 1 is 1.43 bits per heavy atom. The molecule has 1 heterocycles. The minimum Gasteiger partial charge on any atom is -0.481 e. The van der Waals surface area contributed by atoms with E-state index in [4.69, 9.17) is 5.11 Å². The van der Waals surface area contributed by atoms with Crippen molar-refractivity contribution in [3.05, 3.63) is 0 Å². The van der Waals surface area contributed by atoms with Crippen LogP contribution in [0.4, 0.5) is 0 Å². The lowest BCUT2D eigenvalue weighted by Gasteiger charge is -2.21. The third-order valence-corrected chi connectivity index (χ3v) is 2.19. The Labute approximate surface area is 84.9 Å². The minimum absolute atomic E-state index is 0.0150. The van der Waals surface area contributed by atoms with E-state index in [-0.39, 0.29) is 18.4 Å². The number of amides is 1. The van der Waals surface area contributed by atoms with Gasteiger partial charge < -0.3 is 10.0 Å². The van der Waals surface area contributed by atoms with Crippen LogP contribution in [0.15, 0.2) is 0 Å². The molecular weight excluding hydrogens is 182 g/mol. The lowest BCUT2D eigenvalue weighted by molar-refractivity contribution is -0.139. The third kappa shape index (κ3) is 3.77. The van der Waals surface area contributed by atoms with Crippen molar-refractivity contribution in [2.24, 2.45) is 0 Å². The van der Waals surface area contributed by atoms with Gasteiger partial charge in [-0.05, 0) is 12.8 Å². The number of aliphatic carboxylic acids is 1. The van der Waals surface area contributed by atoms with Crippen molar-refractivity contribution in [1.82, 2.24) is 4.90 Å². The summed E-state index contributed by atoms with van der Waals surface area (Å²) < 4.78 is 0. The topological polar surface area (TPSA) is 57.6 Å². The largest absolute Gasteiger partial charge is 0.481 e. The van der Waals surface area contributed by atoms with Gasteiger partial charge in [-0.2, -0.15) is 0 Å². The number of likely N-dealkylation sites (tertiary alicyclic amines) is 1. The quantitative estimate of drug-likeness (QED) is 0.736. The van der Waals surface area contributed by atoms with Gasteiger partial charge in [0.1, 0.15) is 0 Å². The SMILES string of the molecule is CC.CC(=O)N1CCCC1CC(=O)O. The molecule has 1 saturated heterocycles. The maximum atomic E-state index is 11.0. The highest BCUT2D eigenvalue weighted by Gasteiger charge is 2.27. The van der Waals surface area contributed by atoms with Crippen molar-refractivity contribution in [3.63, 3.8) is 0 Å². The molecule has 1 fully saturated rings. The van der Waals surface area contributed by atoms with Crippen molar-refractivity contribution in [1.29, 1.82) is 0 Å². The molecule has 0 aliphatic carbocycles. The lowest BCUT2D eigenvalue weighted by atomic mass is 10.1. The molecular formula is C10H19NO3. The Balaban J connectivity index is 0.000000791. The molecule has 0 spiro atoms. The highest BCUT2D eigenvalue weighted by molar-refractivity contribution is 5.75. The first kappa shape index (κ1) is 12.9. The second-order valence-corrected chi connectivity index (χ2v) is 3.11. The van der Waals surface area contributed by atoms with Crippen molar-refractivity contribution >= 4 is 11.9 Å². The number of carboxylic acid groups (broad SMARTS) is 1. The molecule has 0 radical (unpaired) electrons. The number of carboxylic acids is 1. The van der Waals surface area contributed by atoms with Gasteiger partial charge in [-0.25, -0.2) is 0 Å². The Kier molecular flexibility index (Phi) is 5.92. The van der Waals surface area contributed by atoms with E-state index in [0.717, 1.165) is 12.8 Å². The highest BCUT2D eigenvalue weighted by Crippen LogP contribution is 2.19. The van der Waals surface area contributed by atoms with E-state index in [9.17, 15) is 9.59 Å². The zero-order chi connectivity index (χ0) is 11.1. The standard InChI is InChI=1S/C8H13NO3.C2H6/c1-6(10)9-4-2-3-7(9)5-8(11)12;1-2/h7H,2-5H2,1H3,(H,11,12);1-2H3. The number of rotatable bonds is 2. The van der Waals surface area contributed by atoms with Gasteiger partial charge in [0, 0.05) is 19.5 Å². The van der Waals surface area contributed by atoms with E-state index >= 15 is 0 Å². The average Bonchev–Trinajstić information content (AvgIpc) is 2.55. The van der Waals surface area contributed by atoms with Crippen LogP contribution in [0.3, 0.4) is 0 Å². The van der Waals surface area contributed by atoms with Crippen molar-refractivity contribution in [2.45, 2.75) is 46.1 Å². The maximum absolute atomic E-state index is 11.0. The van der Waals surface area contributed by atoms with Crippen LogP contribution in [0.25, 0.3) is 0 Å². The molecule has 1 unspecified atom stereocenters. The smallest absolute Gasteiger partial charge is 0.305 e. The zero-order valence-electron chi connectivity index (χ0n) is 9.12. The third-order valence-electron chi connectivity index (χ3n) is 2.19. The van der Waals surface area contributed by atoms with Gasteiger partial charge >= 0.3 is 5.97 Å². The molecule has 0 aromatic heterocycles. The summed E-state index contributed by atoms with van der Waals surface area (Å²) in [5, 5.41) is 8.54. The average molecular weight is 201 g/mol. The molecule has 1 N–H and O–H groups in total. The Morgan fingerprint density at radius 3 is 2.43 bits per heavy atom. The van der Waals surface area contributed by atoms with Crippen LogP contribution in [0.5, 0.6) is 0 Å². The Hall–Kier alpha value is -1.06. The molecule has 14 heavy (non-hydrogen) atoms. The van der Waals surface area contributed by atoms with Gasteiger partial charge in [-0.1, -0.05) is 13.8 Å². The lowest BCUT2D eigenvalue weighted by Crippen LogP contribution is -2.35. The van der Waals surface area contributed by atoms with Crippen molar-refractivity contribution in [3.8, 4) is 0 Å². The van der Waals surface area contributed by atoms with Gasteiger partial charge in [0.15, 0.2) is 0 Å². The summed E-state index contributed by atoms with van der Waals surface area (Å²) in [4.78, 5) is 23.0. The fourth-order valence-electron chi connectivity index (χ4n) is 1.66. The van der Waals surface area contributed by atoms with E-state index in [1.807, 2.05) is 13.8 Å². The number of nitrogens with zero attached hydrogens (tertiary/aromatic N) is 1. The maximum Gasteiger partial charge on any atom is 0.305 e. The summed E-state index contributed by atoms with van der Waals surface area (Å²) in [7, 11) is 0. The molecule has 1 aliphatic heterocycles. The fourth-order valence-corrected chi connectivity index (χ4v) is 1.66. The molecule has 4 nitrogen and oxygen atoms in total. The summed E-state index contributed by atoms with van der Waals surface area (Å²) in [5.41, 5.74) is 0. The minimum atomic E-state index is -0.826. The van der Waals surface area contributed by atoms with Crippen LogP contribution in [0, 0.1) is 0 Å². The van der Waals surface area contributed by atoms with E-state index in [1.54, 1.807) is 4.90 Å². The second kappa shape index (κ2) is 6.40. The first-order valence-corrected chi connectivity index (χ1v) is 5.10. The fraction of sp³-hybridized carbons (Fsp3) is 0.800. The van der Waals surface area contributed by atoms with Crippen LogP contribution in [-0.2, 0) is 9.59 Å². The zero-order valence-corrected chi connectivity index (χ0v) is 9.12. The molecule has 1 aliphatic rings. The van der Waals surface area contributed by atoms with Gasteiger partial charge in [-0.15, -0.1) is 0 Å². The number of carbonyl (C=O) groups is 2. The molecule has 1 rings (SSSR count). The van der Waals surface area contributed by atoms with E-state index < -0.39 is 5.97 Å². The second-order valence-electron chi connectivity index (χ2n) is 3.11. The number of hydrogen-bond donors (Lipinski definition) is 1. The summed E-state index contributed by atoms with van der Waals surface area (Å²) >= 11 is 0. The van der Waals surface area contributed by atoms with Crippen molar-refractivity contribution < 1.29 is 14.7 Å². The molecule has 0 aromatic carbocycles. The first-order chi connectivity index (χ1) is 6.61. The molecule has 1 amide bonds. The summed E-state index contributed by atoms with van der Waals surface area (Å²) in [6, 6.07) is -0.0694. The molecule has 0 aromatic rings. The van der Waals surface area contributed by atoms with E-state index in [0.29, 0.717) is 6.54 Å². The first-order valence-electron chi connectivity index (χ1n) is 5.10. The molecule has 1 atom stereocenters. The normalized spacial score (nSPS) is 19.9. The summed E-state index contributed by atoms with van der Waals surface area (Å²) in [6.45, 7) is 6.20. The Morgan fingerprint density at radius 2 is 2.00 bits per heavy atom. The van der Waals surface area contributed by atoms with Gasteiger partial charge in [-0.3, -0.25) is 9.59 Å². The predicted molar refractivity (Wildman–Crippen MR) is 54.0 cm³/mol. The van der Waals surface area contributed by atoms with Crippen LogP contribution in [0.1, 0.15) is 40.0 Å². The van der Waals surface area contributed by atoms with Crippen molar-refractivity contribution in [2.75, 3.05) is 6.54 Å². The molecule has 4 heteroatoms. The molecule has 82 valence electrons. The number of hydrogen-bond acceptors (Lipinski definition) is 2. The monoisotopic (exact) mass is 201 g/mol. The Bertz CT molecular complexity index is 204. The van der Waals surface area contributed by atoms with E-state index in [2.05, 4.69) is 0 Å². The van der Waals surface area contributed by atoms with Gasteiger partial charge in [0.2, 0.25) is 5.91 Å². The van der Waals surface area contributed by atoms with Crippen LogP contribution in [0.2, 0.25) is 0 Å². The van der Waals surface area contributed by atoms with Gasteiger partial charge in [0.25, 0.3) is 0 Å². The van der Waals surface area contributed by atoms with Crippen LogP contribution >= 0.6 is 0 Å². The van der Waals surface area contributed by atoms with E-state index in [1.165, 1.54) is 6.92 Å².